The SMILES string of the molecule is OCC1COC2(CCOCC2)C1. The second-order valence-corrected chi connectivity index (χ2v) is 3.86. The number of rotatable bonds is 1. The predicted molar refractivity (Wildman–Crippen MR) is 43.9 cm³/mol. The fraction of sp³-hybridized carbons (Fsp3) is 1.00. The molecule has 0 saturated carbocycles. The maximum atomic E-state index is 8.97. The minimum absolute atomic E-state index is 0.0612. The average molecular weight is 172 g/mol. The summed E-state index contributed by atoms with van der Waals surface area (Å²) in [7, 11) is 0. The normalized spacial score (nSPS) is 34.2. The van der Waals surface area contributed by atoms with Crippen molar-refractivity contribution < 1.29 is 14.6 Å². The van der Waals surface area contributed by atoms with Gasteiger partial charge < -0.3 is 14.6 Å². The van der Waals surface area contributed by atoms with Gasteiger partial charge in [-0.05, 0) is 19.3 Å². The van der Waals surface area contributed by atoms with Crippen LogP contribution >= 0.6 is 0 Å². The Kier molecular flexibility index (Phi) is 2.35. The van der Waals surface area contributed by atoms with Crippen LogP contribution in [-0.4, -0.2) is 37.1 Å². The first-order valence-corrected chi connectivity index (χ1v) is 4.67. The van der Waals surface area contributed by atoms with E-state index in [2.05, 4.69) is 0 Å². The van der Waals surface area contributed by atoms with E-state index in [0.29, 0.717) is 5.92 Å². The third-order valence-corrected chi connectivity index (χ3v) is 2.95. The van der Waals surface area contributed by atoms with Gasteiger partial charge in [-0.1, -0.05) is 0 Å². The van der Waals surface area contributed by atoms with E-state index in [0.717, 1.165) is 39.1 Å². The Balaban J connectivity index is 1.94. The zero-order valence-corrected chi connectivity index (χ0v) is 7.29. The summed E-state index contributed by atoms with van der Waals surface area (Å²) < 4.78 is 11.0. The van der Waals surface area contributed by atoms with E-state index < -0.39 is 0 Å². The molecule has 0 aromatic rings. The molecule has 3 nitrogen and oxygen atoms in total. The highest BCUT2D eigenvalue weighted by molar-refractivity contribution is 4.90. The van der Waals surface area contributed by atoms with Crippen LogP contribution in [0.2, 0.25) is 0 Å². The average Bonchev–Trinajstić information content (AvgIpc) is 2.50. The molecule has 2 fully saturated rings. The van der Waals surface area contributed by atoms with Gasteiger partial charge >= 0.3 is 0 Å². The van der Waals surface area contributed by atoms with E-state index in [9.17, 15) is 0 Å². The number of aliphatic hydroxyl groups is 1. The van der Waals surface area contributed by atoms with Gasteiger partial charge in [0.15, 0.2) is 0 Å². The van der Waals surface area contributed by atoms with Crippen LogP contribution in [0.4, 0.5) is 0 Å². The molecule has 0 aromatic carbocycles. The van der Waals surface area contributed by atoms with Gasteiger partial charge in [-0.25, -0.2) is 0 Å². The minimum Gasteiger partial charge on any atom is -0.396 e. The monoisotopic (exact) mass is 172 g/mol. The van der Waals surface area contributed by atoms with Crippen LogP contribution in [0.1, 0.15) is 19.3 Å². The molecule has 1 N–H and O–H groups in total. The zero-order valence-electron chi connectivity index (χ0n) is 7.29. The second-order valence-electron chi connectivity index (χ2n) is 3.86. The van der Waals surface area contributed by atoms with Crippen molar-refractivity contribution in [3.05, 3.63) is 0 Å². The molecule has 0 aromatic heterocycles. The van der Waals surface area contributed by atoms with Gasteiger partial charge in [-0.3, -0.25) is 0 Å². The maximum Gasteiger partial charge on any atom is 0.0730 e. The largest absolute Gasteiger partial charge is 0.396 e. The molecular weight excluding hydrogens is 156 g/mol. The highest BCUT2D eigenvalue weighted by atomic mass is 16.5. The molecule has 0 amide bonds. The topological polar surface area (TPSA) is 38.7 Å². The summed E-state index contributed by atoms with van der Waals surface area (Å²) in [6.45, 7) is 2.63. The summed E-state index contributed by atoms with van der Waals surface area (Å²) in [5.41, 5.74) is 0.0612. The Bertz CT molecular complexity index is 152. The summed E-state index contributed by atoms with van der Waals surface area (Å²) in [5, 5.41) is 8.97. The number of hydrogen-bond donors (Lipinski definition) is 1. The van der Waals surface area contributed by atoms with Crippen molar-refractivity contribution in [2.75, 3.05) is 26.4 Å². The quantitative estimate of drug-likeness (QED) is 0.628. The lowest BCUT2D eigenvalue weighted by Crippen LogP contribution is -2.35. The van der Waals surface area contributed by atoms with Crippen LogP contribution in [0.25, 0.3) is 0 Å². The van der Waals surface area contributed by atoms with Gasteiger partial charge in [0.2, 0.25) is 0 Å². The summed E-state index contributed by atoms with van der Waals surface area (Å²) in [5.74, 6) is 0.364. The highest BCUT2D eigenvalue weighted by Gasteiger charge is 2.41. The molecule has 2 saturated heterocycles. The third kappa shape index (κ3) is 1.49. The van der Waals surface area contributed by atoms with Gasteiger partial charge in [-0.15, -0.1) is 0 Å². The Morgan fingerprint density at radius 3 is 2.67 bits per heavy atom. The molecule has 2 heterocycles. The summed E-state index contributed by atoms with van der Waals surface area (Å²) in [6.07, 6.45) is 3.03. The molecule has 2 aliphatic heterocycles. The molecule has 2 rings (SSSR count). The van der Waals surface area contributed by atoms with Crippen LogP contribution in [0.15, 0.2) is 0 Å². The fourth-order valence-electron chi connectivity index (χ4n) is 2.15. The van der Waals surface area contributed by atoms with Crippen LogP contribution in [0.5, 0.6) is 0 Å². The zero-order chi connectivity index (χ0) is 8.44. The molecule has 0 aliphatic carbocycles. The van der Waals surface area contributed by atoms with Crippen molar-refractivity contribution in [2.24, 2.45) is 5.92 Å². The molecule has 3 heteroatoms. The lowest BCUT2D eigenvalue weighted by molar-refractivity contribution is -0.0778. The summed E-state index contributed by atoms with van der Waals surface area (Å²) in [4.78, 5) is 0. The van der Waals surface area contributed by atoms with E-state index in [1.807, 2.05) is 0 Å². The molecule has 12 heavy (non-hydrogen) atoms. The standard InChI is InChI=1S/C9H16O3/c10-6-8-5-9(12-7-8)1-3-11-4-2-9/h8,10H,1-7H2. The lowest BCUT2D eigenvalue weighted by atomic mass is 9.88. The minimum atomic E-state index is 0.0612. The fourth-order valence-corrected chi connectivity index (χ4v) is 2.15. The van der Waals surface area contributed by atoms with Crippen LogP contribution in [0, 0.1) is 5.92 Å². The molecule has 70 valence electrons. The maximum absolute atomic E-state index is 8.97. The van der Waals surface area contributed by atoms with Crippen molar-refractivity contribution >= 4 is 0 Å². The third-order valence-electron chi connectivity index (χ3n) is 2.95. The Labute approximate surface area is 72.7 Å². The van der Waals surface area contributed by atoms with Gasteiger partial charge in [0.25, 0.3) is 0 Å². The predicted octanol–water partition coefficient (Wildman–Crippen LogP) is 0.564. The molecule has 0 radical (unpaired) electrons. The first kappa shape index (κ1) is 8.48. The molecule has 1 unspecified atom stereocenters. The molecule has 1 spiro atoms. The molecule has 2 aliphatic rings. The van der Waals surface area contributed by atoms with E-state index in [4.69, 9.17) is 14.6 Å². The number of hydrogen-bond acceptors (Lipinski definition) is 3. The summed E-state index contributed by atoms with van der Waals surface area (Å²) in [6, 6.07) is 0. The van der Waals surface area contributed by atoms with Gasteiger partial charge in [0, 0.05) is 25.7 Å². The highest BCUT2D eigenvalue weighted by Crippen LogP contribution is 2.37. The van der Waals surface area contributed by atoms with Gasteiger partial charge in [-0.2, -0.15) is 0 Å². The van der Waals surface area contributed by atoms with Crippen molar-refractivity contribution in [3.63, 3.8) is 0 Å². The summed E-state index contributed by atoms with van der Waals surface area (Å²) >= 11 is 0. The van der Waals surface area contributed by atoms with Crippen molar-refractivity contribution in [3.8, 4) is 0 Å². The number of aliphatic hydroxyl groups excluding tert-OH is 1. The Hall–Kier alpha value is -0.120. The Morgan fingerprint density at radius 1 is 1.33 bits per heavy atom. The van der Waals surface area contributed by atoms with Crippen molar-refractivity contribution in [1.82, 2.24) is 0 Å². The van der Waals surface area contributed by atoms with E-state index >= 15 is 0 Å². The lowest BCUT2D eigenvalue weighted by Gasteiger charge is -2.32. The van der Waals surface area contributed by atoms with E-state index in [1.54, 1.807) is 0 Å². The molecular formula is C9H16O3. The van der Waals surface area contributed by atoms with Gasteiger partial charge in [0.1, 0.15) is 0 Å². The Morgan fingerprint density at radius 2 is 2.08 bits per heavy atom. The van der Waals surface area contributed by atoms with Crippen LogP contribution in [-0.2, 0) is 9.47 Å². The second kappa shape index (κ2) is 3.32. The number of ether oxygens (including phenoxy) is 2. The van der Waals surface area contributed by atoms with Crippen LogP contribution < -0.4 is 0 Å². The molecule has 1 atom stereocenters. The van der Waals surface area contributed by atoms with Crippen molar-refractivity contribution in [1.29, 1.82) is 0 Å². The first-order chi connectivity index (χ1) is 5.85. The van der Waals surface area contributed by atoms with E-state index in [1.165, 1.54) is 0 Å². The molecule has 0 bridgehead atoms. The van der Waals surface area contributed by atoms with Crippen molar-refractivity contribution in [2.45, 2.75) is 24.9 Å². The smallest absolute Gasteiger partial charge is 0.0730 e. The van der Waals surface area contributed by atoms with E-state index in [-0.39, 0.29) is 12.2 Å². The first-order valence-electron chi connectivity index (χ1n) is 4.67. The van der Waals surface area contributed by atoms with Crippen LogP contribution in [0.3, 0.4) is 0 Å². The van der Waals surface area contributed by atoms with Gasteiger partial charge in [0.05, 0.1) is 12.2 Å².